The van der Waals surface area contributed by atoms with Crippen LogP contribution in [0.4, 0.5) is 0 Å². The zero-order valence-electron chi connectivity index (χ0n) is 20.3. The summed E-state index contributed by atoms with van der Waals surface area (Å²) < 4.78 is 45.3. The highest BCUT2D eigenvalue weighted by Crippen LogP contribution is 2.57. The topological polar surface area (TPSA) is 340 Å². The van der Waals surface area contributed by atoms with Gasteiger partial charge in [-0.1, -0.05) is 0 Å². The lowest BCUT2D eigenvalue weighted by atomic mass is 9.98. The number of carbonyl (C=O) groups excluding carboxylic acids is 1. The van der Waals surface area contributed by atoms with E-state index in [4.69, 9.17) is 35.0 Å². The average molecular weight is 625 g/mol. The average Bonchev–Trinajstić information content (AvgIpc) is 3.10. The first-order chi connectivity index (χ1) is 18.4. The Balaban J connectivity index is 0.000000319. The first-order valence-electron chi connectivity index (χ1n) is 11.0. The molecule has 1 aromatic heterocycles. The van der Waals surface area contributed by atoms with Crippen molar-refractivity contribution in [2.45, 2.75) is 62.1 Å². The van der Waals surface area contributed by atoms with Gasteiger partial charge in [0.1, 0.15) is 36.6 Å². The number of nitrogens with two attached hydrogens (primary N) is 1. The highest BCUT2D eigenvalue weighted by atomic mass is 31.3. The van der Waals surface area contributed by atoms with Crippen LogP contribution in [0.2, 0.25) is 0 Å². The molecular weight excluding hydrogens is 596 g/mol. The third-order valence-corrected chi connectivity index (χ3v) is 7.44. The molecule has 2 unspecified atom stereocenters. The number of hydrogen-bond donors (Lipinski definition) is 10. The van der Waals surface area contributed by atoms with E-state index in [1.54, 1.807) is 0 Å². The minimum atomic E-state index is -5.32. The largest absolute Gasteiger partial charge is 0.481 e. The Morgan fingerprint density at radius 2 is 1.65 bits per heavy atom. The van der Waals surface area contributed by atoms with Crippen molar-refractivity contribution in [1.82, 2.24) is 9.55 Å². The molecule has 3 rings (SSSR count). The van der Waals surface area contributed by atoms with E-state index in [9.17, 15) is 43.9 Å². The van der Waals surface area contributed by atoms with Gasteiger partial charge < -0.3 is 60.2 Å². The molecule has 0 spiro atoms. The molecule has 0 saturated carbocycles. The number of aliphatic hydroxyl groups excluding tert-OH is 5. The van der Waals surface area contributed by atoms with Crippen molar-refractivity contribution >= 4 is 21.6 Å². The molecule has 0 aliphatic carbocycles. The summed E-state index contributed by atoms with van der Waals surface area (Å²) >= 11 is 0. The van der Waals surface area contributed by atoms with Gasteiger partial charge >= 0.3 is 27.3 Å². The summed E-state index contributed by atoms with van der Waals surface area (Å²) in [5, 5.41) is 47.5. The number of aliphatic hydroxyl groups is 5. The van der Waals surface area contributed by atoms with E-state index in [1.807, 2.05) is 4.98 Å². The van der Waals surface area contributed by atoms with Crippen LogP contribution in [0.5, 0.6) is 0 Å². The Kier molecular flexibility index (Phi) is 11.9. The number of aromatic amines is 1. The monoisotopic (exact) mass is 625 g/mol. The van der Waals surface area contributed by atoms with E-state index in [2.05, 4.69) is 13.6 Å². The molecule has 3 heterocycles. The summed E-state index contributed by atoms with van der Waals surface area (Å²) in [5.41, 5.74) is 3.84. The van der Waals surface area contributed by atoms with Gasteiger partial charge in [-0.15, -0.1) is 0 Å². The second-order valence-corrected chi connectivity index (χ2v) is 11.1. The zero-order chi connectivity index (χ0) is 30.6. The summed E-state index contributed by atoms with van der Waals surface area (Å²) in [7, 11) is -10.5. The van der Waals surface area contributed by atoms with E-state index in [0.29, 0.717) is 0 Å². The number of nitrogens with zero attached hydrogens (tertiary/aromatic N) is 1. The molecule has 0 amide bonds. The Morgan fingerprint density at radius 3 is 2.17 bits per heavy atom. The number of ether oxygens (including phenoxy) is 3. The minimum absolute atomic E-state index is 0.497. The first-order valence-corrected chi connectivity index (χ1v) is 14.0. The molecule has 11 N–H and O–H groups in total. The van der Waals surface area contributed by atoms with Crippen LogP contribution in [0.25, 0.3) is 0 Å². The lowest BCUT2D eigenvalue weighted by molar-refractivity contribution is -0.258. The summed E-state index contributed by atoms with van der Waals surface area (Å²) in [4.78, 5) is 61.4. The van der Waals surface area contributed by atoms with Crippen molar-refractivity contribution < 1.29 is 77.2 Å². The van der Waals surface area contributed by atoms with Crippen molar-refractivity contribution in [2.24, 2.45) is 5.73 Å². The van der Waals surface area contributed by atoms with Crippen molar-refractivity contribution in [3.05, 3.63) is 33.1 Å². The van der Waals surface area contributed by atoms with Gasteiger partial charge in [0.15, 0.2) is 6.23 Å². The van der Waals surface area contributed by atoms with Crippen LogP contribution in [0.15, 0.2) is 21.9 Å². The smallest absolute Gasteiger partial charge is 0.434 e. The molecule has 230 valence electrons. The van der Waals surface area contributed by atoms with Crippen molar-refractivity contribution in [2.75, 3.05) is 13.2 Å². The molecule has 21 nitrogen and oxygen atoms in total. The van der Waals surface area contributed by atoms with E-state index in [0.717, 1.165) is 16.8 Å². The lowest BCUT2D eigenvalue weighted by Crippen LogP contribution is -2.62. The zero-order valence-corrected chi connectivity index (χ0v) is 22.1. The SMILES string of the molecule is CC(=O)OC1O[C@H](CO)[C@@H](O)[C@H](O)[C@H]1N.O=c1ccn([C@@H]2O[C@H](COP(=O)(O)OP(=O)(O)O)[C@@H](O)[C@H]2O)c(=O)[nH]1. The van der Waals surface area contributed by atoms with Gasteiger partial charge in [0.2, 0.25) is 6.29 Å². The number of rotatable bonds is 8. The molecule has 0 radical (unpaired) electrons. The predicted octanol–water partition coefficient (Wildman–Crippen LogP) is -5.30. The number of H-pyrrole nitrogens is 1. The van der Waals surface area contributed by atoms with E-state index in [1.165, 1.54) is 6.92 Å². The Bertz CT molecular complexity index is 1220. The number of aromatic nitrogens is 2. The van der Waals surface area contributed by atoms with Gasteiger partial charge in [0.05, 0.1) is 19.3 Å². The van der Waals surface area contributed by atoms with Gasteiger partial charge in [-0.25, -0.2) is 13.9 Å². The standard InChI is InChI=1S/C9H14N2O12P2.C8H15NO6/c12-5-1-2-11(9(15)10-5)8-7(14)6(13)4(22-8)3-21-25(19,20)23-24(16,17)18;1-3(11)14-8-5(9)7(13)6(12)4(2-10)15-8/h1-2,4,6-8,13-14H,3H2,(H,19,20)(H,10,12,15)(H2,16,17,18);4-8,10,12-13H,2,9H2,1H3/t4-,6-,7-,8-;4-,5-,6-,7-,8?/m11/s1. The van der Waals surface area contributed by atoms with Gasteiger partial charge in [-0.05, 0) is 0 Å². The number of phosphoric ester groups is 1. The fourth-order valence-electron chi connectivity index (χ4n) is 3.42. The van der Waals surface area contributed by atoms with E-state index >= 15 is 0 Å². The fraction of sp³-hybridized carbons (Fsp3) is 0.706. The third-order valence-electron chi connectivity index (χ3n) is 5.28. The van der Waals surface area contributed by atoms with Gasteiger partial charge in [-0.3, -0.25) is 23.7 Å². The molecule has 0 bridgehead atoms. The molecule has 2 fully saturated rings. The Labute approximate surface area is 223 Å². The Morgan fingerprint density at radius 1 is 1.05 bits per heavy atom. The number of hydrogen-bond acceptors (Lipinski definition) is 16. The normalized spacial score (nSPS) is 33.9. The maximum atomic E-state index is 11.7. The molecule has 2 aliphatic heterocycles. The molecule has 40 heavy (non-hydrogen) atoms. The first kappa shape index (κ1) is 34.3. The van der Waals surface area contributed by atoms with Gasteiger partial charge in [-0.2, -0.15) is 4.31 Å². The lowest BCUT2D eigenvalue weighted by Gasteiger charge is -2.39. The van der Waals surface area contributed by atoms with Gasteiger partial charge in [0.25, 0.3) is 5.56 Å². The molecule has 23 heteroatoms. The summed E-state index contributed by atoms with van der Waals surface area (Å²) in [6, 6.07) is -0.0737. The second kappa shape index (κ2) is 13.8. The number of phosphoric acid groups is 2. The highest BCUT2D eigenvalue weighted by molar-refractivity contribution is 7.60. The van der Waals surface area contributed by atoms with E-state index < -0.39 is 101 Å². The quantitative estimate of drug-likeness (QED) is 0.0952. The summed E-state index contributed by atoms with van der Waals surface area (Å²) in [5.74, 6) is -0.615. The van der Waals surface area contributed by atoms with Crippen molar-refractivity contribution in [1.29, 1.82) is 0 Å². The van der Waals surface area contributed by atoms with Crippen LogP contribution in [-0.4, -0.2) is 118 Å². The molecule has 1 aromatic rings. The maximum absolute atomic E-state index is 11.7. The molecule has 2 saturated heterocycles. The molecule has 0 aromatic carbocycles. The molecule has 10 atom stereocenters. The van der Waals surface area contributed by atoms with Crippen molar-refractivity contribution in [3.8, 4) is 0 Å². The number of esters is 1. The van der Waals surface area contributed by atoms with Gasteiger partial charge in [0, 0.05) is 19.2 Å². The second-order valence-electron chi connectivity index (χ2n) is 8.29. The van der Waals surface area contributed by atoms with E-state index in [-0.39, 0.29) is 0 Å². The van der Waals surface area contributed by atoms with Crippen LogP contribution in [0, 0.1) is 0 Å². The highest BCUT2D eigenvalue weighted by Gasteiger charge is 2.46. The van der Waals surface area contributed by atoms with Crippen LogP contribution in [-0.2, 0) is 37.0 Å². The summed E-state index contributed by atoms with van der Waals surface area (Å²) in [6.45, 7) is -0.231. The van der Waals surface area contributed by atoms with Crippen LogP contribution in [0.3, 0.4) is 0 Å². The third kappa shape index (κ3) is 9.31. The number of nitrogens with one attached hydrogen (secondary N) is 1. The number of carbonyl (C=O) groups is 1. The van der Waals surface area contributed by atoms with Crippen LogP contribution < -0.4 is 17.0 Å². The summed E-state index contributed by atoms with van der Waals surface area (Å²) in [6.07, 6.45) is -10.0. The fourth-order valence-corrected chi connectivity index (χ4v) is 5.02. The van der Waals surface area contributed by atoms with Crippen LogP contribution in [0.1, 0.15) is 13.2 Å². The van der Waals surface area contributed by atoms with Crippen LogP contribution >= 0.6 is 15.6 Å². The van der Waals surface area contributed by atoms with Crippen molar-refractivity contribution in [3.63, 3.8) is 0 Å². The maximum Gasteiger partial charge on any atom is 0.481 e. The molecule has 2 aliphatic rings. The predicted molar refractivity (Wildman–Crippen MR) is 124 cm³/mol. The Hall–Kier alpha value is -1.91. The minimum Gasteiger partial charge on any atom is -0.434 e. The molecular formula is C17H29N3O18P2.